The van der Waals surface area contributed by atoms with E-state index in [0.29, 0.717) is 17.5 Å². The molecule has 14 aromatic rings. The van der Waals surface area contributed by atoms with Gasteiger partial charge in [-0.1, -0.05) is 121 Å². The minimum atomic E-state index is 0.527. The highest BCUT2D eigenvalue weighted by molar-refractivity contribution is 6.17. The molecule has 5 heterocycles. The molecule has 0 fully saturated rings. The van der Waals surface area contributed by atoms with E-state index in [1.807, 2.05) is 72.8 Å². The number of benzene rings is 9. The Hall–Kier alpha value is -8.55. The van der Waals surface area contributed by atoms with Crippen molar-refractivity contribution in [1.29, 1.82) is 0 Å². The van der Waals surface area contributed by atoms with Crippen LogP contribution in [0.5, 0.6) is 0 Å². The van der Waals surface area contributed by atoms with Crippen molar-refractivity contribution in [2.75, 3.05) is 0 Å². The molecule has 0 atom stereocenters. The Bertz CT molecular complexity index is 4060. The zero-order valence-corrected chi connectivity index (χ0v) is 32.8. The molecule has 0 unspecified atom stereocenters. The average Bonchev–Trinajstić information content (AvgIpc) is 4.09. The first-order valence-electron chi connectivity index (χ1n) is 20.7. The Morgan fingerprint density at radius 1 is 0.339 bits per heavy atom. The summed E-state index contributed by atoms with van der Waals surface area (Å²) in [5, 5.41) is 10.6. The monoisotopic (exact) mass is 794 g/mol. The van der Waals surface area contributed by atoms with Crippen LogP contribution in [0.3, 0.4) is 0 Å². The summed E-state index contributed by atoms with van der Waals surface area (Å²) in [5.74, 6) is 1.60. The number of nitrogens with zero attached hydrogens (tertiary/aromatic N) is 4. The van der Waals surface area contributed by atoms with Crippen molar-refractivity contribution < 1.29 is 13.3 Å². The molecular weight excluding hydrogens is 765 g/mol. The Balaban J connectivity index is 1.11. The summed E-state index contributed by atoms with van der Waals surface area (Å²) >= 11 is 0. The molecule has 0 spiro atoms. The molecule has 14 rings (SSSR count). The Kier molecular flexibility index (Phi) is 6.71. The van der Waals surface area contributed by atoms with Crippen molar-refractivity contribution in [3.63, 3.8) is 0 Å². The fraction of sp³-hybridized carbons (Fsp3) is 0. The van der Waals surface area contributed by atoms with E-state index in [1.165, 1.54) is 10.8 Å². The standard InChI is InChI=1S/C55H30N4O3/c1-2-14-32-29-43-40(27-31(32)13-1)34-15-3-7-21-42(34)59(43)44-30-33(28-41-35-16-4-8-22-45(35)62-52(41)44)53-56-54(38-19-11-25-48-50(38)36-17-5-9-23-46(36)60-48)58-55(57-53)39-20-12-26-49-51(39)37-18-6-10-24-47(37)61-49/h1-30H. The lowest BCUT2D eigenvalue weighted by atomic mass is 10.0. The van der Waals surface area contributed by atoms with E-state index >= 15 is 0 Å². The van der Waals surface area contributed by atoms with Crippen molar-refractivity contribution in [1.82, 2.24) is 19.5 Å². The Morgan fingerprint density at radius 2 is 0.855 bits per heavy atom. The number of rotatable bonds is 4. The minimum Gasteiger partial charge on any atom is -0.456 e. The molecule has 0 saturated heterocycles. The number of para-hydroxylation sites is 4. The van der Waals surface area contributed by atoms with Gasteiger partial charge in [0.1, 0.15) is 27.9 Å². The van der Waals surface area contributed by atoms with Crippen LogP contribution in [0.2, 0.25) is 0 Å². The van der Waals surface area contributed by atoms with E-state index in [1.54, 1.807) is 0 Å². The molecular formula is C55H30N4O3. The Labute approximate surface area is 351 Å². The van der Waals surface area contributed by atoms with Crippen LogP contribution in [-0.2, 0) is 0 Å². The predicted octanol–water partition coefficient (Wildman–Crippen LogP) is 14.8. The highest BCUT2D eigenvalue weighted by Gasteiger charge is 2.24. The normalized spacial score (nSPS) is 12.2. The number of furan rings is 3. The fourth-order valence-corrected chi connectivity index (χ4v) is 9.69. The quantitative estimate of drug-likeness (QED) is 0.176. The highest BCUT2D eigenvalue weighted by atomic mass is 16.3. The molecule has 0 aliphatic carbocycles. The molecule has 7 heteroatoms. The molecule has 0 N–H and O–H groups in total. The SMILES string of the molecule is c1ccc2cc3c(cc2c1)c1ccccc1n3-c1cc(-c2nc(-c3cccc4oc5ccccc5c34)nc(-c3cccc4oc5ccccc5c34)n2)cc2c1oc1ccccc12. The van der Waals surface area contributed by atoms with Crippen LogP contribution in [-0.4, -0.2) is 19.5 Å². The lowest BCUT2D eigenvalue weighted by Crippen LogP contribution is -2.02. The summed E-state index contributed by atoms with van der Waals surface area (Å²) in [6.07, 6.45) is 0. The summed E-state index contributed by atoms with van der Waals surface area (Å²) < 4.78 is 21.9. The lowest BCUT2D eigenvalue weighted by molar-refractivity contribution is 0.666. The first-order chi connectivity index (χ1) is 30.7. The van der Waals surface area contributed by atoms with Gasteiger partial charge in [-0.25, -0.2) is 15.0 Å². The van der Waals surface area contributed by atoms with Crippen molar-refractivity contribution in [3.8, 4) is 39.9 Å². The second-order valence-corrected chi connectivity index (χ2v) is 15.9. The van der Waals surface area contributed by atoms with E-state index < -0.39 is 0 Å². The summed E-state index contributed by atoms with van der Waals surface area (Å²) in [5.41, 5.74) is 10.3. The molecule has 0 bridgehead atoms. The van der Waals surface area contributed by atoms with Crippen molar-refractivity contribution in [3.05, 3.63) is 182 Å². The molecule has 0 amide bonds. The third-order valence-electron chi connectivity index (χ3n) is 12.4. The van der Waals surface area contributed by atoms with Gasteiger partial charge in [-0.15, -0.1) is 0 Å². The largest absolute Gasteiger partial charge is 0.456 e. The van der Waals surface area contributed by atoms with Crippen molar-refractivity contribution >= 4 is 98.4 Å². The number of fused-ring (bicyclic) bond motifs is 13. The van der Waals surface area contributed by atoms with E-state index in [9.17, 15) is 0 Å². The first-order valence-corrected chi connectivity index (χ1v) is 20.7. The molecule has 0 aliphatic rings. The number of hydrogen-bond acceptors (Lipinski definition) is 6. The van der Waals surface area contributed by atoms with Gasteiger partial charge < -0.3 is 17.8 Å². The molecule has 0 radical (unpaired) electrons. The summed E-state index contributed by atoms with van der Waals surface area (Å²) in [7, 11) is 0. The van der Waals surface area contributed by atoms with Gasteiger partial charge in [0.25, 0.3) is 0 Å². The molecule has 5 aromatic heterocycles. The first kappa shape index (κ1) is 33.3. The molecule has 62 heavy (non-hydrogen) atoms. The van der Waals surface area contributed by atoms with E-state index in [0.717, 1.165) is 110 Å². The third-order valence-corrected chi connectivity index (χ3v) is 12.4. The second-order valence-electron chi connectivity index (χ2n) is 15.9. The molecule has 0 saturated carbocycles. The van der Waals surface area contributed by atoms with Crippen LogP contribution in [0.15, 0.2) is 195 Å². The topological polar surface area (TPSA) is 83.0 Å². The average molecular weight is 795 g/mol. The summed E-state index contributed by atoms with van der Waals surface area (Å²) in [6.45, 7) is 0. The zero-order valence-electron chi connectivity index (χ0n) is 32.8. The fourth-order valence-electron chi connectivity index (χ4n) is 9.69. The minimum absolute atomic E-state index is 0.527. The van der Waals surface area contributed by atoms with Crippen LogP contribution in [0.1, 0.15) is 0 Å². The lowest BCUT2D eigenvalue weighted by Gasteiger charge is -2.13. The van der Waals surface area contributed by atoms with E-state index in [4.69, 9.17) is 28.2 Å². The van der Waals surface area contributed by atoms with Gasteiger partial charge in [-0.2, -0.15) is 0 Å². The second kappa shape index (κ2) is 12.5. The molecule has 288 valence electrons. The van der Waals surface area contributed by atoms with Crippen molar-refractivity contribution in [2.24, 2.45) is 0 Å². The summed E-state index contributed by atoms with van der Waals surface area (Å²) in [4.78, 5) is 16.1. The number of hydrogen-bond donors (Lipinski definition) is 0. The van der Waals surface area contributed by atoms with Crippen LogP contribution >= 0.6 is 0 Å². The Morgan fingerprint density at radius 3 is 1.52 bits per heavy atom. The van der Waals surface area contributed by atoms with E-state index in [-0.39, 0.29) is 0 Å². The van der Waals surface area contributed by atoms with Gasteiger partial charge in [-0.3, -0.25) is 0 Å². The van der Waals surface area contributed by atoms with Gasteiger partial charge in [0, 0.05) is 59.8 Å². The third kappa shape index (κ3) is 4.73. The van der Waals surface area contributed by atoms with Gasteiger partial charge in [0.15, 0.2) is 23.1 Å². The highest BCUT2D eigenvalue weighted by Crippen LogP contribution is 2.43. The smallest absolute Gasteiger partial charge is 0.164 e. The zero-order chi connectivity index (χ0) is 40.5. The van der Waals surface area contributed by atoms with Gasteiger partial charge >= 0.3 is 0 Å². The van der Waals surface area contributed by atoms with Crippen molar-refractivity contribution in [2.45, 2.75) is 0 Å². The van der Waals surface area contributed by atoms with Gasteiger partial charge in [0.05, 0.1) is 16.7 Å². The molecule has 9 aromatic carbocycles. The van der Waals surface area contributed by atoms with Crippen LogP contribution < -0.4 is 0 Å². The molecule has 7 nitrogen and oxygen atoms in total. The maximum atomic E-state index is 6.84. The van der Waals surface area contributed by atoms with Gasteiger partial charge in [0.2, 0.25) is 0 Å². The molecule has 0 aliphatic heterocycles. The maximum absolute atomic E-state index is 6.84. The summed E-state index contributed by atoms with van der Waals surface area (Å²) in [6, 6.07) is 62.7. The maximum Gasteiger partial charge on any atom is 0.164 e. The van der Waals surface area contributed by atoms with Crippen LogP contribution in [0, 0.1) is 0 Å². The van der Waals surface area contributed by atoms with E-state index in [2.05, 4.69) is 114 Å². The van der Waals surface area contributed by atoms with Crippen LogP contribution in [0.4, 0.5) is 0 Å². The van der Waals surface area contributed by atoms with Gasteiger partial charge in [-0.05, 0) is 71.4 Å². The number of aromatic nitrogens is 4. The predicted molar refractivity (Wildman–Crippen MR) is 250 cm³/mol. The van der Waals surface area contributed by atoms with Crippen LogP contribution in [0.25, 0.3) is 138 Å².